The molecule has 2 nitrogen and oxygen atoms in total. The molecule has 0 aromatic heterocycles. The topological polar surface area (TPSA) is 12.5 Å². The van der Waals surface area contributed by atoms with Gasteiger partial charge in [0, 0.05) is 13.7 Å². The molecule has 0 bridgehead atoms. The molecule has 0 saturated carbocycles. The molecule has 0 amide bonds. The van der Waals surface area contributed by atoms with Gasteiger partial charge in [-0.25, -0.2) is 0 Å². The highest BCUT2D eigenvalue weighted by Gasteiger charge is 2.05. The van der Waals surface area contributed by atoms with E-state index in [1.807, 2.05) is 0 Å². The van der Waals surface area contributed by atoms with Gasteiger partial charge in [-0.3, -0.25) is 4.90 Å². The van der Waals surface area contributed by atoms with E-state index in [-0.39, 0.29) is 0 Å². The Morgan fingerprint density at radius 3 is 2.19 bits per heavy atom. The quantitative estimate of drug-likeness (QED) is 0.709. The minimum Gasteiger partial charge on any atom is -0.369 e. The van der Waals surface area contributed by atoms with Crippen molar-refractivity contribution < 1.29 is 4.74 Å². The van der Waals surface area contributed by atoms with Gasteiger partial charge in [0.1, 0.15) is 0 Å². The van der Waals surface area contributed by atoms with Crippen LogP contribution in [0.1, 0.15) is 22.3 Å². The molecule has 16 heavy (non-hydrogen) atoms. The molecular weight excluding hydrogens is 198 g/mol. The molecule has 0 atom stereocenters. The van der Waals surface area contributed by atoms with E-state index in [4.69, 9.17) is 4.74 Å². The second kappa shape index (κ2) is 6.02. The van der Waals surface area contributed by atoms with Crippen LogP contribution >= 0.6 is 0 Å². The van der Waals surface area contributed by atoms with E-state index in [1.165, 1.54) is 22.3 Å². The standard InChI is InChI=1S/C14H23NO/c1-11-8-12(2)14(13(3)9-11)6-7-15(4)10-16-5/h8-9H,6-7,10H2,1-5H3. The molecule has 0 fully saturated rings. The van der Waals surface area contributed by atoms with Crippen molar-refractivity contribution in [1.29, 1.82) is 0 Å². The summed E-state index contributed by atoms with van der Waals surface area (Å²) in [5, 5.41) is 0. The van der Waals surface area contributed by atoms with Crippen molar-refractivity contribution in [3.63, 3.8) is 0 Å². The Hall–Kier alpha value is -0.860. The monoisotopic (exact) mass is 221 g/mol. The lowest BCUT2D eigenvalue weighted by atomic mass is 9.97. The van der Waals surface area contributed by atoms with Crippen molar-refractivity contribution in [3.8, 4) is 0 Å². The Kier molecular flexibility index (Phi) is 4.97. The second-order valence-corrected chi connectivity index (χ2v) is 4.62. The Bertz CT molecular complexity index is 324. The number of hydrogen-bond donors (Lipinski definition) is 0. The fourth-order valence-electron chi connectivity index (χ4n) is 2.19. The summed E-state index contributed by atoms with van der Waals surface area (Å²) < 4.78 is 5.10. The van der Waals surface area contributed by atoms with E-state index in [2.05, 4.69) is 44.9 Å². The average Bonchev–Trinajstić information content (AvgIpc) is 2.16. The largest absolute Gasteiger partial charge is 0.369 e. The molecule has 0 aliphatic carbocycles. The molecule has 0 N–H and O–H groups in total. The molecule has 0 saturated heterocycles. The Labute approximate surface area is 99.2 Å². The van der Waals surface area contributed by atoms with E-state index in [9.17, 15) is 0 Å². The maximum absolute atomic E-state index is 5.10. The summed E-state index contributed by atoms with van der Waals surface area (Å²) >= 11 is 0. The van der Waals surface area contributed by atoms with Crippen LogP contribution in [0, 0.1) is 20.8 Å². The smallest absolute Gasteiger partial charge is 0.0984 e. The third kappa shape index (κ3) is 3.62. The molecule has 0 heterocycles. The lowest BCUT2D eigenvalue weighted by molar-refractivity contribution is 0.0827. The normalized spacial score (nSPS) is 11.1. The predicted octanol–water partition coefficient (Wildman–Crippen LogP) is 2.69. The number of aryl methyl sites for hydroxylation is 3. The van der Waals surface area contributed by atoms with Crippen LogP contribution in [0.2, 0.25) is 0 Å². The zero-order chi connectivity index (χ0) is 12.1. The molecule has 2 heteroatoms. The van der Waals surface area contributed by atoms with Crippen LogP contribution in [-0.4, -0.2) is 32.3 Å². The molecule has 1 aromatic carbocycles. The van der Waals surface area contributed by atoms with Gasteiger partial charge in [0.2, 0.25) is 0 Å². The van der Waals surface area contributed by atoms with Crippen molar-refractivity contribution in [3.05, 3.63) is 34.4 Å². The van der Waals surface area contributed by atoms with Gasteiger partial charge in [-0.1, -0.05) is 17.7 Å². The number of hydrogen-bond acceptors (Lipinski definition) is 2. The Morgan fingerprint density at radius 2 is 1.69 bits per heavy atom. The Morgan fingerprint density at radius 1 is 1.12 bits per heavy atom. The zero-order valence-corrected chi connectivity index (χ0v) is 11.1. The molecule has 1 rings (SSSR count). The van der Waals surface area contributed by atoms with Gasteiger partial charge in [0.25, 0.3) is 0 Å². The van der Waals surface area contributed by atoms with E-state index in [0.717, 1.165) is 13.0 Å². The predicted molar refractivity (Wildman–Crippen MR) is 68.9 cm³/mol. The fourth-order valence-corrected chi connectivity index (χ4v) is 2.19. The molecule has 1 aromatic rings. The van der Waals surface area contributed by atoms with Gasteiger partial charge in [0.15, 0.2) is 0 Å². The van der Waals surface area contributed by atoms with Crippen LogP contribution in [0.15, 0.2) is 12.1 Å². The number of benzene rings is 1. The van der Waals surface area contributed by atoms with Crippen LogP contribution in [0.5, 0.6) is 0 Å². The molecule has 90 valence electrons. The Balaban J connectivity index is 2.67. The summed E-state index contributed by atoms with van der Waals surface area (Å²) in [6, 6.07) is 4.53. The summed E-state index contributed by atoms with van der Waals surface area (Å²) in [6.45, 7) is 8.29. The van der Waals surface area contributed by atoms with Crippen molar-refractivity contribution >= 4 is 0 Å². The molecule has 0 radical (unpaired) electrons. The van der Waals surface area contributed by atoms with E-state index >= 15 is 0 Å². The van der Waals surface area contributed by atoms with Crippen LogP contribution in [-0.2, 0) is 11.2 Å². The summed E-state index contributed by atoms with van der Waals surface area (Å²) in [4.78, 5) is 2.19. The van der Waals surface area contributed by atoms with Crippen molar-refractivity contribution in [1.82, 2.24) is 4.90 Å². The first-order valence-electron chi connectivity index (χ1n) is 5.78. The number of methoxy groups -OCH3 is 1. The number of rotatable bonds is 5. The SMILES string of the molecule is COCN(C)CCc1c(C)cc(C)cc1C. The second-order valence-electron chi connectivity index (χ2n) is 4.62. The fraction of sp³-hybridized carbons (Fsp3) is 0.571. The van der Waals surface area contributed by atoms with Crippen LogP contribution in [0.4, 0.5) is 0 Å². The molecule has 0 aliphatic rings. The number of likely N-dealkylation sites (N-methyl/N-ethyl adjacent to an activating group) is 1. The van der Waals surface area contributed by atoms with Crippen LogP contribution in [0.25, 0.3) is 0 Å². The average molecular weight is 221 g/mol. The van der Waals surface area contributed by atoms with Gasteiger partial charge in [-0.05, 0) is 50.9 Å². The zero-order valence-electron chi connectivity index (χ0n) is 11.1. The molecule has 0 spiro atoms. The highest BCUT2D eigenvalue weighted by molar-refractivity contribution is 5.37. The summed E-state index contributed by atoms with van der Waals surface area (Å²) in [5.74, 6) is 0. The first-order valence-corrected chi connectivity index (χ1v) is 5.78. The summed E-state index contributed by atoms with van der Waals surface area (Å²) in [6.07, 6.45) is 1.10. The van der Waals surface area contributed by atoms with Crippen molar-refractivity contribution in [2.24, 2.45) is 0 Å². The molecule has 0 aliphatic heterocycles. The maximum atomic E-state index is 5.10. The van der Waals surface area contributed by atoms with Gasteiger partial charge in [-0.2, -0.15) is 0 Å². The molecule has 0 unspecified atom stereocenters. The summed E-state index contributed by atoms with van der Waals surface area (Å²) in [7, 11) is 3.82. The third-order valence-electron chi connectivity index (χ3n) is 2.93. The first kappa shape index (κ1) is 13.2. The summed E-state index contributed by atoms with van der Waals surface area (Å²) in [5.41, 5.74) is 5.64. The lowest BCUT2D eigenvalue weighted by Crippen LogP contribution is -2.23. The van der Waals surface area contributed by atoms with E-state index in [1.54, 1.807) is 7.11 Å². The minimum atomic E-state index is 0.698. The maximum Gasteiger partial charge on any atom is 0.0984 e. The van der Waals surface area contributed by atoms with E-state index < -0.39 is 0 Å². The third-order valence-corrected chi connectivity index (χ3v) is 2.93. The number of nitrogens with zero attached hydrogens (tertiary/aromatic N) is 1. The highest BCUT2D eigenvalue weighted by atomic mass is 16.5. The van der Waals surface area contributed by atoms with Crippen molar-refractivity contribution in [2.75, 3.05) is 27.4 Å². The highest BCUT2D eigenvalue weighted by Crippen LogP contribution is 2.17. The van der Waals surface area contributed by atoms with Gasteiger partial charge in [-0.15, -0.1) is 0 Å². The van der Waals surface area contributed by atoms with Gasteiger partial charge >= 0.3 is 0 Å². The van der Waals surface area contributed by atoms with Crippen LogP contribution in [0.3, 0.4) is 0 Å². The van der Waals surface area contributed by atoms with Gasteiger partial charge in [0.05, 0.1) is 6.73 Å². The van der Waals surface area contributed by atoms with Crippen LogP contribution < -0.4 is 0 Å². The van der Waals surface area contributed by atoms with E-state index in [0.29, 0.717) is 6.73 Å². The first-order chi connectivity index (χ1) is 7.54. The minimum absolute atomic E-state index is 0.698. The molecular formula is C14H23NO. The number of ether oxygens (including phenoxy) is 1. The van der Waals surface area contributed by atoms with Gasteiger partial charge < -0.3 is 4.74 Å². The van der Waals surface area contributed by atoms with Crippen molar-refractivity contribution in [2.45, 2.75) is 27.2 Å². The lowest BCUT2D eigenvalue weighted by Gasteiger charge is -2.17.